The summed E-state index contributed by atoms with van der Waals surface area (Å²) in [5.41, 5.74) is 0. The van der Waals surface area contributed by atoms with Crippen LogP contribution in [0.1, 0.15) is 51.9 Å². The van der Waals surface area contributed by atoms with Crippen LogP contribution in [-0.2, 0) is 0 Å². The van der Waals surface area contributed by atoms with Gasteiger partial charge in [0.1, 0.15) is 0 Å². The highest BCUT2D eigenvalue weighted by molar-refractivity contribution is 5.74. The van der Waals surface area contributed by atoms with E-state index in [0.717, 1.165) is 18.9 Å². The first-order valence-corrected chi connectivity index (χ1v) is 6.87. The zero-order chi connectivity index (χ0) is 12.5. The summed E-state index contributed by atoms with van der Waals surface area (Å²) < 4.78 is 0. The van der Waals surface area contributed by atoms with Crippen LogP contribution in [0.4, 0.5) is 4.79 Å². The summed E-state index contributed by atoms with van der Waals surface area (Å²) >= 11 is 0. The molecule has 0 radical (unpaired) electrons. The second-order valence-electron chi connectivity index (χ2n) is 5.13. The third kappa shape index (κ3) is 6.51. The van der Waals surface area contributed by atoms with Crippen molar-refractivity contribution in [2.45, 2.75) is 57.9 Å². The summed E-state index contributed by atoms with van der Waals surface area (Å²) in [6, 6.07) is -0.346. The molecule has 0 spiro atoms. The van der Waals surface area contributed by atoms with Gasteiger partial charge in [0.2, 0.25) is 0 Å². The van der Waals surface area contributed by atoms with Crippen LogP contribution in [0.5, 0.6) is 0 Å². The molecule has 0 aliphatic heterocycles. The molecule has 0 aromatic rings. The van der Waals surface area contributed by atoms with Gasteiger partial charge in [0.15, 0.2) is 0 Å². The zero-order valence-electron chi connectivity index (χ0n) is 10.9. The fourth-order valence-electron chi connectivity index (χ4n) is 2.38. The van der Waals surface area contributed by atoms with Gasteiger partial charge in [-0.2, -0.15) is 0 Å². The van der Waals surface area contributed by atoms with Gasteiger partial charge in [-0.05, 0) is 19.3 Å². The van der Waals surface area contributed by atoms with Crippen LogP contribution >= 0.6 is 0 Å². The van der Waals surface area contributed by atoms with E-state index in [1.807, 2.05) is 0 Å². The largest absolute Gasteiger partial charge is 0.394 e. The summed E-state index contributed by atoms with van der Waals surface area (Å²) in [5, 5.41) is 14.2. The molecule has 1 atom stereocenters. The average molecular weight is 242 g/mol. The Kier molecular flexibility index (Phi) is 7.01. The van der Waals surface area contributed by atoms with E-state index < -0.39 is 0 Å². The standard InChI is InChI=1S/C13H26N2O2/c1-11(10-16)15-13(17)14-9-5-4-8-12-6-2-3-7-12/h11-12,16H,2-10H2,1H3,(H2,14,15,17). The summed E-state index contributed by atoms with van der Waals surface area (Å²) in [4.78, 5) is 11.3. The van der Waals surface area contributed by atoms with Gasteiger partial charge in [-0.15, -0.1) is 0 Å². The number of amides is 2. The van der Waals surface area contributed by atoms with E-state index >= 15 is 0 Å². The molecule has 4 nitrogen and oxygen atoms in total. The minimum absolute atomic E-state index is 0.0188. The minimum atomic E-state index is -0.174. The average Bonchev–Trinajstić information content (AvgIpc) is 2.81. The van der Waals surface area contributed by atoms with E-state index in [4.69, 9.17) is 5.11 Å². The van der Waals surface area contributed by atoms with Crippen molar-refractivity contribution in [3.63, 3.8) is 0 Å². The first-order valence-electron chi connectivity index (χ1n) is 6.87. The van der Waals surface area contributed by atoms with Crippen molar-refractivity contribution in [1.29, 1.82) is 0 Å². The Morgan fingerprint density at radius 2 is 2.06 bits per heavy atom. The van der Waals surface area contributed by atoms with Crippen molar-refractivity contribution in [2.24, 2.45) is 5.92 Å². The van der Waals surface area contributed by atoms with Gasteiger partial charge >= 0.3 is 6.03 Å². The van der Waals surface area contributed by atoms with Crippen molar-refractivity contribution in [3.05, 3.63) is 0 Å². The lowest BCUT2D eigenvalue weighted by molar-refractivity contribution is 0.220. The molecule has 100 valence electrons. The summed E-state index contributed by atoms with van der Waals surface area (Å²) in [6.07, 6.45) is 9.20. The van der Waals surface area contributed by atoms with Crippen LogP contribution in [0.2, 0.25) is 0 Å². The fourth-order valence-corrected chi connectivity index (χ4v) is 2.38. The number of carbonyl (C=O) groups is 1. The van der Waals surface area contributed by atoms with E-state index in [2.05, 4.69) is 10.6 Å². The number of unbranched alkanes of at least 4 members (excludes halogenated alkanes) is 1. The molecule has 0 saturated heterocycles. The van der Waals surface area contributed by atoms with Crippen LogP contribution in [0.15, 0.2) is 0 Å². The number of carbonyl (C=O) groups excluding carboxylic acids is 1. The van der Waals surface area contributed by atoms with Gasteiger partial charge in [-0.3, -0.25) is 0 Å². The summed E-state index contributed by atoms with van der Waals surface area (Å²) in [7, 11) is 0. The lowest BCUT2D eigenvalue weighted by atomic mass is 10.0. The molecule has 1 aliphatic rings. The third-order valence-corrected chi connectivity index (χ3v) is 3.45. The van der Waals surface area contributed by atoms with Gasteiger partial charge in [-0.1, -0.05) is 38.5 Å². The molecule has 1 aliphatic carbocycles. The Hall–Kier alpha value is -0.770. The molecule has 3 N–H and O–H groups in total. The molecule has 1 unspecified atom stereocenters. The molecule has 2 amide bonds. The van der Waals surface area contributed by atoms with E-state index in [9.17, 15) is 4.79 Å². The van der Waals surface area contributed by atoms with Crippen molar-refractivity contribution >= 4 is 6.03 Å². The topological polar surface area (TPSA) is 61.4 Å². The first-order chi connectivity index (χ1) is 8.22. The van der Waals surface area contributed by atoms with E-state index in [1.54, 1.807) is 6.92 Å². The third-order valence-electron chi connectivity index (χ3n) is 3.45. The highest BCUT2D eigenvalue weighted by Gasteiger charge is 2.13. The van der Waals surface area contributed by atoms with E-state index in [-0.39, 0.29) is 18.7 Å². The Balaban J connectivity index is 1.90. The quantitative estimate of drug-likeness (QED) is 0.598. The number of aliphatic hydroxyl groups excluding tert-OH is 1. The normalized spacial score (nSPS) is 18.0. The van der Waals surface area contributed by atoms with Crippen LogP contribution in [0.25, 0.3) is 0 Å². The van der Waals surface area contributed by atoms with Crippen LogP contribution in [-0.4, -0.2) is 30.3 Å². The van der Waals surface area contributed by atoms with Gasteiger partial charge in [0, 0.05) is 6.54 Å². The number of nitrogens with one attached hydrogen (secondary N) is 2. The molecule has 0 aromatic heterocycles. The van der Waals surface area contributed by atoms with Crippen LogP contribution in [0.3, 0.4) is 0 Å². The summed E-state index contributed by atoms with van der Waals surface area (Å²) in [5.74, 6) is 0.943. The minimum Gasteiger partial charge on any atom is -0.394 e. The van der Waals surface area contributed by atoms with Crippen molar-refractivity contribution in [1.82, 2.24) is 10.6 Å². The maximum absolute atomic E-state index is 11.3. The number of urea groups is 1. The second-order valence-corrected chi connectivity index (χ2v) is 5.13. The number of hydrogen-bond acceptors (Lipinski definition) is 2. The molecule has 4 heteroatoms. The monoisotopic (exact) mass is 242 g/mol. The Morgan fingerprint density at radius 1 is 1.35 bits per heavy atom. The molecule has 17 heavy (non-hydrogen) atoms. The van der Waals surface area contributed by atoms with Gasteiger partial charge < -0.3 is 15.7 Å². The molecule has 1 fully saturated rings. The van der Waals surface area contributed by atoms with Crippen LogP contribution in [0, 0.1) is 5.92 Å². The second kappa shape index (κ2) is 8.34. The van der Waals surface area contributed by atoms with E-state index in [1.165, 1.54) is 38.5 Å². The number of aliphatic hydroxyl groups is 1. The first kappa shape index (κ1) is 14.3. The van der Waals surface area contributed by atoms with Crippen molar-refractivity contribution in [3.8, 4) is 0 Å². The highest BCUT2D eigenvalue weighted by Crippen LogP contribution is 2.28. The SMILES string of the molecule is CC(CO)NC(=O)NCCCCC1CCCC1. The predicted molar refractivity (Wildman–Crippen MR) is 68.9 cm³/mol. The highest BCUT2D eigenvalue weighted by atomic mass is 16.3. The van der Waals surface area contributed by atoms with Gasteiger partial charge in [0.25, 0.3) is 0 Å². The molecular weight excluding hydrogens is 216 g/mol. The fraction of sp³-hybridized carbons (Fsp3) is 0.923. The number of rotatable bonds is 7. The molecule has 1 rings (SSSR count). The maximum atomic E-state index is 11.3. The van der Waals surface area contributed by atoms with Crippen molar-refractivity contribution in [2.75, 3.05) is 13.2 Å². The smallest absolute Gasteiger partial charge is 0.315 e. The molecule has 0 bridgehead atoms. The maximum Gasteiger partial charge on any atom is 0.315 e. The van der Waals surface area contributed by atoms with E-state index in [0.29, 0.717) is 0 Å². The van der Waals surface area contributed by atoms with Gasteiger partial charge in [0.05, 0.1) is 12.6 Å². The molecule has 0 aromatic carbocycles. The lowest BCUT2D eigenvalue weighted by Crippen LogP contribution is -2.42. The molecular formula is C13H26N2O2. The lowest BCUT2D eigenvalue weighted by Gasteiger charge is -2.12. The van der Waals surface area contributed by atoms with Crippen LogP contribution < -0.4 is 10.6 Å². The Labute approximate surface area is 104 Å². The number of hydrogen-bond donors (Lipinski definition) is 3. The van der Waals surface area contributed by atoms with Crippen molar-refractivity contribution < 1.29 is 9.90 Å². The molecule has 0 heterocycles. The predicted octanol–water partition coefficient (Wildman–Crippen LogP) is 2.03. The molecule has 1 saturated carbocycles. The summed E-state index contributed by atoms with van der Waals surface area (Å²) in [6.45, 7) is 2.49. The Bertz CT molecular complexity index is 215. The zero-order valence-corrected chi connectivity index (χ0v) is 10.9. The van der Waals surface area contributed by atoms with Gasteiger partial charge in [-0.25, -0.2) is 4.79 Å². The Morgan fingerprint density at radius 3 is 2.71 bits per heavy atom.